The van der Waals surface area contributed by atoms with Crippen molar-refractivity contribution >= 4 is 23.3 Å². The number of aromatic carboxylic acids is 1. The lowest BCUT2D eigenvalue weighted by Gasteiger charge is -2.33. The van der Waals surface area contributed by atoms with E-state index in [1.807, 2.05) is 0 Å². The number of anilines is 2. The van der Waals surface area contributed by atoms with Crippen molar-refractivity contribution in [2.24, 2.45) is 11.7 Å². The van der Waals surface area contributed by atoms with E-state index in [0.29, 0.717) is 12.3 Å². The van der Waals surface area contributed by atoms with Crippen molar-refractivity contribution in [2.45, 2.75) is 19.3 Å². The molecule has 6 heteroatoms. The molecule has 1 aliphatic heterocycles. The molecule has 6 nitrogen and oxygen atoms in total. The van der Waals surface area contributed by atoms with Crippen LogP contribution in [0.5, 0.6) is 0 Å². The van der Waals surface area contributed by atoms with Crippen LogP contribution in [-0.2, 0) is 4.79 Å². The summed E-state index contributed by atoms with van der Waals surface area (Å²) in [5.41, 5.74) is 12.3. The summed E-state index contributed by atoms with van der Waals surface area (Å²) in [5, 5.41) is 8.95. The van der Waals surface area contributed by atoms with Gasteiger partial charge < -0.3 is 21.5 Å². The minimum absolute atomic E-state index is 0.123. The Morgan fingerprint density at radius 1 is 1.30 bits per heavy atom. The van der Waals surface area contributed by atoms with Crippen LogP contribution < -0.4 is 16.4 Å². The van der Waals surface area contributed by atoms with Gasteiger partial charge in [-0.1, -0.05) is 0 Å². The molecule has 0 unspecified atom stereocenters. The molecule has 0 spiro atoms. The zero-order valence-electron chi connectivity index (χ0n) is 11.2. The van der Waals surface area contributed by atoms with Gasteiger partial charge in [0.1, 0.15) is 0 Å². The monoisotopic (exact) mass is 277 g/mol. The summed E-state index contributed by atoms with van der Waals surface area (Å²) in [6, 6.07) is 4.99. The van der Waals surface area contributed by atoms with Crippen molar-refractivity contribution in [3.05, 3.63) is 23.8 Å². The van der Waals surface area contributed by atoms with Gasteiger partial charge in [-0.15, -0.1) is 0 Å². The van der Waals surface area contributed by atoms with E-state index in [-0.39, 0.29) is 17.2 Å². The van der Waals surface area contributed by atoms with Crippen molar-refractivity contribution in [1.29, 1.82) is 0 Å². The Morgan fingerprint density at radius 3 is 2.45 bits per heavy atom. The summed E-state index contributed by atoms with van der Waals surface area (Å²) in [6.45, 7) is 1.65. The van der Waals surface area contributed by atoms with E-state index in [1.165, 1.54) is 6.07 Å². The van der Waals surface area contributed by atoms with Crippen molar-refractivity contribution in [3.63, 3.8) is 0 Å². The molecule has 0 saturated carbocycles. The zero-order valence-corrected chi connectivity index (χ0v) is 11.2. The summed E-state index contributed by atoms with van der Waals surface area (Å²) < 4.78 is 0. The van der Waals surface area contributed by atoms with Crippen LogP contribution in [0.3, 0.4) is 0 Å². The highest BCUT2D eigenvalue weighted by Crippen LogP contribution is 2.27. The van der Waals surface area contributed by atoms with Gasteiger partial charge in [-0.05, 0) is 37.0 Å². The molecule has 0 bridgehead atoms. The first-order valence-electron chi connectivity index (χ1n) is 6.63. The Hall–Kier alpha value is -2.24. The number of nitrogen functional groups attached to an aromatic ring is 1. The van der Waals surface area contributed by atoms with Crippen LogP contribution in [0.2, 0.25) is 0 Å². The lowest BCUT2D eigenvalue weighted by Crippen LogP contribution is -2.35. The third kappa shape index (κ3) is 3.20. The summed E-state index contributed by atoms with van der Waals surface area (Å²) in [6.07, 6.45) is 2.25. The second kappa shape index (κ2) is 5.81. The van der Waals surface area contributed by atoms with Crippen LogP contribution in [0.15, 0.2) is 18.2 Å². The van der Waals surface area contributed by atoms with Gasteiger partial charge >= 0.3 is 5.97 Å². The molecule has 5 N–H and O–H groups in total. The number of carbonyl (C=O) groups excluding carboxylic acids is 1. The van der Waals surface area contributed by atoms with Crippen LogP contribution in [-0.4, -0.2) is 30.1 Å². The van der Waals surface area contributed by atoms with Gasteiger partial charge in [0.25, 0.3) is 0 Å². The molecular weight excluding hydrogens is 258 g/mol. The van der Waals surface area contributed by atoms with Crippen LogP contribution in [0, 0.1) is 5.92 Å². The molecule has 1 aliphatic rings. The van der Waals surface area contributed by atoms with E-state index < -0.39 is 5.97 Å². The molecule has 20 heavy (non-hydrogen) atoms. The predicted octanol–water partition coefficient (Wildman–Crippen LogP) is 1.06. The summed E-state index contributed by atoms with van der Waals surface area (Å²) in [7, 11) is 0. The number of carbonyl (C=O) groups is 2. The third-order valence-corrected chi connectivity index (χ3v) is 3.74. The fourth-order valence-corrected chi connectivity index (χ4v) is 2.62. The molecular formula is C14H19N3O3. The molecule has 0 atom stereocenters. The molecule has 1 aromatic rings. The molecule has 1 amide bonds. The quantitative estimate of drug-likeness (QED) is 0.713. The second-order valence-electron chi connectivity index (χ2n) is 5.18. The minimum Gasteiger partial charge on any atom is -0.478 e. The highest BCUT2D eigenvalue weighted by Gasteiger charge is 2.21. The van der Waals surface area contributed by atoms with Gasteiger partial charge in [-0.3, -0.25) is 4.79 Å². The Balaban J connectivity index is 2.02. The molecule has 1 saturated heterocycles. The molecule has 0 aliphatic carbocycles. The van der Waals surface area contributed by atoms with E-state index in [2.05, 4.69) is 4.90 Å². The average Bonchev–Trinajstić information content (AvgIpc) is 2.38. The number of carboxylic acid groups (broad SMARTS) is 1. The number of rotatable bonds is 4. The van der Waals surface area contributed by atoms with Gasteiger partial charge in [0.15, 0.2) is 0 Å². The topological polar surface area (TPSA) is 110 Å². The van der Waals surface area contributed by atoms with Gasteiger partial charge in [-0.2, -0.15) is 0 Å². The van der Waals surface area contributed by atoms with Gasteiger partial charge in [0.05, 0.1) is 5.56 Å². The fraction of sp³-hybridized carbons (Fsp3) is 0.429. The standard InChI is InChI=1S/C14H19N3O3/c15-12-8-10(1-2-11(12)14(19)20)17-5-3-9(4-6-17)7-13(16)18/h1-2,8-9H,3-7,15H2,(H2,16,18)(H,19,20). The van der Waals surface area contributed by atoms with Crippen molar-refractivity contribution < 1.29 is 14.7 Å². The number of nitrogens with two attached hydrogens (primary N) is 2. The Morgan fingerprint density at radius 2 is 1.95 bits per heavy atom. The van der Waals surface area contributed by atoms with Crippen molar-refractivity contribution in [3.8, 4) is 0 Å². The molecule has 2 rings (SSSR count). The summed E-state index contributed by atoms with van der Waals surface area (Å²) in [4.78, 5) is 24.0. The minimum atomic E-state index is -1.02. The maximum absolute atomic E-state index is 10.9. The summed E-state index contributed by atoms with van der Waals surface area (Å²) >= 11 is 0. The van der Waals surface area contributed by atoms with Crippen LogP contribution >= 0.6 is 0 Å². The largest absolute Gasteiger partial charge is 0.478 e. The average molecular weight is 277 g/mol. The van der Waals surface area contributed by atoms with E-state index in [9.17, 15) is 9.59 Å². The summed E-state index contributed by atoms with van der Waals surface area (Å²) in [5.74, 6) is -0.924. The fourth-order valence-electron chi connectivity index (χ4n) is 2.62. The molecule has 1 fully saturated rings. The number of carboxylic acids is 1. The maximum atomic E-state index is 10.9. The lowest BCUT2D eigenvalue weighted by molar-refractivity contribution is -0.119. The van der Waals surface area contributed by atoms with Crippen LogP contribution in [0.4, 0.5) is 11.4 Å². The zero-order chi connectivity index (χ0) is 14.7. The van der Waals surface area contributed by atoms with Crippen LogP contribution in [0.25, 0.3) is 0 Å². The predicted molar refractivity (Wildman–Crippen MR) is 76.6 cm³/mol. The Labute approximate surface area is 117 Å². The molecule has 1 aromatic carbocycles. The number of hydrogen-bond donors (Lipinski definition) is 3. The number of hydrogen-bond acceptors (Lipinski definition) is 4. The van der Waals surface area contributed by atoms with E-state index in [1.54, 1.807) is 12.1 Å². The number of nitrogens with zero attached hydrogens (tertiary/aromatic N) is 1. The van der Waals surface area contributed by atoms with Gasteiger partial charge in [0.2, 0.25) is 5.91 Å². The Bertz CT molecular complexity index is 522. The van der Waals surface area contributed by atoms with E-state index in [4.69, 9.17) is 16.6 Å². The SMILES string of the molecule is NC(=O)CC1CCN(c2ccc(C(=O)O)c(N)c2)CC1. The molecule has 0 aromatic heterocycles. The third-order valence-electron chi connectivity index (χ3n) is 3.74. The first kappa shape index (κ1) is 14.2. The van der Waals surface area contributed by atoms with Crippen LogP contribution in [0.1, 0.15) is 29.6 Å². The number of amides is 1. The van der Waals surface area contributed by atoms with Gasteiger partial charge in [-0.25, -0.2) is 4.79 Å². The lowest BCUT2D eigenvalue weighted by atomic mass is 9.93. The molecule has 108 valence electrons. The molecule has 0 radical (unpaired) electrons. The second-order valence-corrected chi connectivity index (χ2v) is 5.18. The first-order valence-corrected chi connectivity index (χ1v) is 6.63. The smallest absolute Gasteiger partial charge is 0.337 e. The van der Waals surface area contributed by atoms with Crippen molar-refractivity contribution in [2.75, 3.05) is 23.7 Å². The number of primary amides is 1. The van der Waals surface area contributed by atoms with Gasteiger partial charge in [0, 0.05) is 30.9 Å². The van der Waals surface area contributed by atoms with E-state index in [0.717, 1.165) is 31.6 Å². The van der Waals surface area contributed by atoms with Crippen molar-refractivity contribution in [1.82, 2.24) is 0 Å². The first-order chi connectivity index (χ1) is 9.47. The number of piperidine rings is 1. The molecule has 1 heterocycles. The maximum Gasteiger partial charge on any atom is 0.337 e. The van der Waals surface area contributed by atoms with E-state index >= 15 is 0 Å². The normalized spacial score (nSPS) is 16.1. The highest BCUT2D eigenvalue weighted by molar-refractivity contribution is 5.94. The number of benzene rings is 1. The highest BCUT2D eigenvalue weighted by atomic mass is 16.4. The Kier molecular flexibility index (Phi) is 4.12.